The van der Waals surface area contributed by atoms with E-state index in [4.69, 9.17) is 19.4 Å². The van der Waals surface area contributed by atoms with E-state index in [2.05, 4.69) is 152 Å². The number of hydrogen-bond donors (Lipinski definition) is 0. The molecule has 230 valence electrons. The van der Waals surface area contributed by atoms with E-state index in [1.165, 1.54) is 32.8 Å². The van der Waals surface area contributed by atoms with Crippen LogP contribution in [0.4, 0.5) is 0 Å². The van der Waals surface area contributed by atoms with Crippen LogP contribution in [0.1, 0.15) is 0 Å². The maximum atomic E-state index is 6.72. The van der Waals surface area contributed by atoms with Crippen LogP contribution in [-0.2, 0) is 0 Å². The van der Waals surface area contributed by atoms with Crippen LogP contribution in [-0.4, -0.2) is 69.9 Å². The van der Waals surface area contributed by atoms with Gasteiger partial charge in [-0.3, -0.25) is 0 Å². The number of aromatic nitrogens is 3. The van der Waals surface area contributed by atoms with E-state index in [1.54, 1.807) is 0 Å². The minimum Gasteiger partial charge on any atom is -0.457 e. The van der Waals surface area contributed by atoms with Gasteiger partial charge in [-0.2, -0.15) is 0 Å². The SMILES string of the molecule is Bc1c(B)c(B)c2c(oc3c(B)c(B)c(-c4nc(-c5ccc(-c6ccccc6)cc5)nc(-c5cccc(-c6ccccc6)c5)n4)c(B)c32)c1B. The van der Waals surface area contributed by atoms with Crippen LogP contribution in [0.5, 0.6) is 0 Å². The lowest BCUT2D eigenvalue weighted by atomic mass is 9.64. The van der Waals surface area contributed by atoms with Gasteiger partial charge in [-0.05, 0) is 28.3 Å². The Bertz CT molecular complexity index is 2610. The standard InChI is InChI=1S/C39H32B7N3O/c40-28-25-26-29(41)31(43)32(44)34(46)36(26)50-35(25)33(45)30(42)27(28)39-48-37(22-16-14-21(15-17-22)19-8-3-1-4-9-19)47-38(49-39)24-13-7-12-23(18-24)20-10-5-2-6-11-20/h1-18H,40-46H2. The van der Waals surface area contributed by atoms with Crippen molar-refractivity contribution in [2.24, 2.45) is 0 Å². The van der Waals surface area contributed by atoms with Crippen LogP contribution >= 0.6 is 0 Å². The molecule has 8 rings (SSSR count). The van der Waals surface area contributed by atoms with Gasteiger partial charge >= 0.3 is 0 Å². The molecule has 11 heteroatoms. The van der Waals surface area contributed by atoms with Gasteiger partial charge in [-0.25, -0.2) is 15.0 Å². The molecule has 0 radical (unpaired) electrons. The molecular weight excluding hydrogens is 602 g/mol. The molecule has 0 bridgehead atoms. The van der Waals surface area contributed by atoms with Crippen molar-refractivity contribution in [1.82, 2.24) is 15.0 Å². The Morgan fingerprint density at radius 1 is 0.340 bits per heavy atom. The Labute approximate surface area is 299 Å². The van der Waals surface area contributed by atoms with Crippen molar-refractivity contribution in [3.05, 3.63) is 109 Å². The summed E-state index contributed by atoms with van der Waals surface area (Å²) in [6, 6.07) is 37.8. The van der Waals surface area contributed by atoms with Crippen molar-refractivity contribution in [2.75, 3.05) is 0 Å². The van der Waals surface area contributed by atoms with Crippen molar-refractivity contribution >= 4 is 115 Å². The number of nitrogens with zero attached hydrogens (tertiary/aromatic N) is 3. The predicted octanol–water partition coefficient (Wildman–Crippen LogP) is -2.09. The van der Waals surface area contributed by atoms with Crippen LogP contribution < -0.4 is 38.2 Å². The summed E-state index contributed by atoms with van der Waals surface area (Å²) in [5.41, 5.74) is 17.8. The third-order valence-electron chi connectivity index (χ3n) is 10.7. The molecule has 0 saturated heterocycles. The zero-order valence-corrected chi connectivity index (χ0v) is 29.6. The molecule has 50 heavy (non-hydrogen) atoms. The van der Waals surface area contributed by atoms with Gasteiger partial charge in [0.25, 0.3) is 0 Å². The first-order valence-corrected chi connectivity index (χ1v) is 17.2. The lowest BCUT2D eigenvalue weighted by molar-refractivity contribution is 0.675. The summed E-state index contributed by atoms with van der Waals surface area (Å²) in [5.74, 6) is 1.94. The summed E-state index contributed by atoms with van der Waals surface area (Å²) in [6.07, 6.45) is 0. The zero-order valence-electron chi connectivity index (χ0n) is 29.6. The number of rotatable bonds is 5. The second kappa shape index (κ2) is 12.5. The van der Waals surface area contributed by atoms with Crippen molar-refractivity contribution in [2.45, 2.75) is 0 Å². The number of hydrogen-bond acceptors (Lipinski definition) is 4. The van der Waals surface area contributed by atoms with Gasteiger partial charge in [0, 0.05) is 27.5 Å². The quantitative estimate of drug-likeness (QED) is 0.204. The van der Waals surface area contributed by atoms with E-state index in [1.807, 2.05) is 12.1 Å². The molecule has 0 aliphatic rings. The predicted molar refractivity (Wildman–Crippen MR) is 232 cm³/mol. The van der Waals surface area contributed by atoms with Gasteiger partial charge in [0.15, 0.2) is 17.5 Å². The highest BCUT2D eigenvalue weighted by Gasteiger charge is 2.24. The van der Waals surface area contributed by atoms with E-state index in [-0.39, 0.29) is 0 Å². The molecule has 0 amide bonds. The summed E-state index contributed by atoms with van der Waals surface area (Å²) < 4.78 is 6.72. The van der Waals surface area contributed by atoms with Crippen LogP contribution in [0.15, 0.2) is 114 Å². The highest BCUT2D eigenvalue weighted by atomic mass is 16.3. The highest BCUT2D eigenvalue weighted by molar-refractivity contribution is 6.68. The fourth-order valence-electron chi connectivity index (χ4n) is 7.35. The fourth-order valence-corrected chi connectivity index (χ4v) is 7.35. The van der Waals surface area contributed by atoms with Crippen molar-refractivity contribution < 1.29 is 4.42 Å². The molecule has 2 aromatic heterocycles. The fraction of sp³-hybridized carbons (Fsp3) is 0. The van der Waals surface area contributed by atoms with Crippen molar-refractivity contribution in [1.29, 1.82) is 0 Å². The molecule has 0 atom stereocenters. The van der Waals surface area contributed by atoms with Crippen LogP contribution in [0.2, 0.25) is 0 Å². The Morgan fingerprint density at radius 2 is 0.780 bits per heavy atom. The first-order chi connectivity index (χ1) is 24.2. The molecule has 0 aliphatic carbocycles. The van der Waals surface area contributed by atoms with E-state index in [9.17, 15) is 0 Å². The lowest BCUT2D eigenvalue weighted by Gasteiger charge is -2.16. The maximum Gasteiger partial charge on any atom is 0.164 e. The molecular formula is C39H32B7N3O. The van der Waals surface area contributed by atoms with Gasteiger partial charge in [0.1, 0.15) is 66.1 Å². The first kappa shape index (κ1) is 31.8. The van der Waals surface area contributed by atoms with E-state index < -0.39 is 0 Å². The third kappa shape index (κ3) is 5.24. The smallest absolute Gasteiger partial charge is 0.164 e. The third-order valence-corrected chi connectivity index (χ3v) is 10.7. The molecule has 0 saturated carbocycles. The van der Waals surface area contributed by atoms with Crippen LogP contribution in [0.25, 0.3) is 78.4 Å². The molecule has 4 nitrogen and oxygen atoms in total. The molecule has 0 unspecified atom stereocenters. The first-order valence-electron chi connectivity index (χ1n) is 17.2. The van der Waals surface area contributed by atoms with Crippen LogP contribution in [0.3, 0.4) is 0 Å². The zero-order chi connectivity index (χ0) is 34.7. The Balaban J connectivity index is 1.38. The monoisotopic (exact) mass is 635 g/mol. The van der Waals surface area contributed by atoms with Gasteiger partial charge in [0.2, 0.25) is 0 Å². The normalized spacial score (nSPS) is 11.4. The lowest BCUT2D eigenvalue weighted by Crippen LogP contribution is -2.47. The Kier molecular flexibility index (Phi) is 7.94. The van der Waals surface area contributed by atoms with Gasteiger partial charge < -0.3 is 4.42 Å². The number of benzene rings is 6. The molecule has 0 N–H and O–H groups in total. The molecule has 0 spiro atoms. The maximum absolute atomic E-state index is 6.72. The Hall–Kier alpha value is -5.42. The van der Waals surface area contributed by atoms with Crippen molar-refractivity contribution in [3.63, 3.8) is 0 Å². The summed E-state index contributed by atoms with van der Waals surface area (Å²) in [4.78, 5) is 15.6. The van der Waals surface area contributed by atoms with E-state index in [0.29, 0.717) is 17.5 Å². The van der Waals surface area contributed by atoms with Crippen molar-refractivity contribution in [3.8, 4) is 56.4 Å². The largest absolute Gasteiger partial charge is 0.457 e. The minimum atomic E-state index is 0.641. The van der Waals surface area contributed by atoms with E-state index in [0.717, 1.165) is 66.3 Å². The number of fused-ring (bicyclic) bond motifs is 3. The molecule has 0 fully saturated rings. The van der Waals surface area contributed by atoms with E-state index >= 15 is 0 Å². The highest BCUT2D eigenvalue weighted by Crippen LogP contribution is 2.30. The van der Waals surface area contributed by atoms with Gasteiger partial charge in [-0.15, -0.1) is 5.46 Å². The number of furan rings is 1. The minimum absolute atomic E-state index is 0.641. The molecule has 0 aliphatic heterocycles. The summed E-state index contributed by atoms with van der Waals surface area (Å²) in [5, 5.41) is 2.33. The second-order valence-electron chi connectivity index (χ2n) is 13.5. The summed E-state index contributed by atoms with van der Waals surface area (Å²) >= 11 is 0. The average molecular weight is 634 g/mol. The van der Waals surface area contributed by atoms with Crippen LogP contribution in [0, 0.1) is 0 Å². The van der Waals surface area contributed by atoms with Gasteiger partial charge in [-0.1, -0.05) is 136 Å². The Morgan fingerprint density at radius 3 is 1.42 bits per heavy atom. The summed E-state index contributed by atoms with van der Waals surface area (Å²) in [7, 11) is 15.3. The molecule has 2 heterocycles. The second-order valence-corrected chi connectivity index (χ2v) is 13.5. The summed E-state index contributed by atoms with van der Waals surface area (Å²) in [6.45, 7) is 0. The molecule has 8 aromatic rings. The molecule has 6 aromatic carbocycles. The average Bonchev–Trinajstić information content (AvgIpc) is 3.58. The van der Waals surface area contributed by atoms with Gasteiger partial charge in [0.05, 0.1) is 0 Å². The topological polar surface area (TPSA) is 51.8 Å².